The topological polar surface area (TPSA) is 61.8 Å². The second-order valence-electron chi connectivity index (χ2n) is 11.6. The van der Waals surface area contributed by atoms with Crippen LogP contribution in [0.1, 0.15) is 113 Å². The smallest absolute Gasteiger partial charge is 0.425 e. The fourth-order valence-corrected chi connectivity index (χ4v) is 5.17. The van der Waals surface area contributed by atoms with Crippen molar-refractivity contribution in [3.05, 3.63) is 77.9 Å². The summed E-state index contributed by atoms with van der Waals surface area (Å²) in [6, 6.07) is 17.3. The van der Waals surface area contributed by atoms with Crippen LogP contribution in [0.3, 0.4) is 0 Å². The molecule has 3 rings (SSSR count). The van der Waals surface area contributed by atoms with Crippen LogP contribution in [-0.4, -0.2) is 30.8 Å². The molecule has 0 spiro atoms. The summed E-state index contributed by atoms with van der Waals surface area (Å²) in [4.78, 5) is 25.6. The second kappa shape index (κ2) is 19.6. The monoisotopic (exact) mass is 640 g/mol. The zero-order valence-electron chi connectivity index (χ0n) is 27.1. The predicted molar refractivity (Wildman–Crippen MR) is 177 cm³/mol. The molecule has 0 radical (unpaired) electrons. The summed E-state index contributed by atoms with van der Waals surface area (Å²) in [7, 11) is 0. The fraction of sp³-hybridized carbons (Fsp3) is 0.474. The molecule has 0 saturated heterocycles. The lowest BCUT2D eigenvalue weighted by molar-refractivity contribution is -0.220. The molecule has 1 unspecified atom stereocenters. The van der Waals surface area contributed by atoms with Gasteiger partial charge in [0.05, 0.1) is 12.2 Å². The second-order valence-corrected chi connectivity index (χ2v) is 11.6. The standard InChI is InChI=1S/C38H47F3O5/c1-3-5-7-9-10-11-12-17-25-44-33-23-21-29-26-31(37(43)45-32-18-14-13-15-19-32)27-30(34(29)28-33)22-24-36(42)46-35(38(39,40)41)20-16-8-6-4-2/h13-15,18-19,21-24,26-28,35H,3-12,16-17,20,25H2,1-2H3. The molecule has 0 N–H and O–H groups in total. The van der Waals surface area contributed by atoms with Gasteiger partial charge in [-0.05, 0) is 78.1 Å². The van der Waals surface area contributed by atoms with Crippen molar-refractivity contribution in [2.75, 3.05) is 6.61 Å². The van der Waals surface area contributed by atoms with E-state index in [1.54, 1.807) is 42.5 Å². The summed E-state index contributed by atoms with van der Waals surface area (Å²) in [5, 5.41) is 1.35. The Balaban J connectivity index is 1.77. The number of carbonyl (C=O) groups excluding carboxylic acids is 2. The van der Waals surface area contributed by atoms with Gasteiger partial charge in [-0.1, -0.05) is 102 Å². The number of halogens is 3. The molecule has 0 saturated carbocycles. The molecule has 0 fully saturated rings. The summed E-state index contributed by atoms with van der Waals surface area (Å²) in [6.07, 6.45) is 7.35. The van der Waals surface area contributed by atoms with Gasteiger partial charge in [-0.15, -0.1) is 0 Å². The number of fused-ring (bicyclic) bond motifs is 1. The summed E-state index contributed by atoms with van der Waals surface area (Å²) < 4.78 is 57.1. The Morgan fingerprint density at radius 2 is 1.41 bits per heavy atom. The normalized spacial score (nSPS) is 12.4. The van der Waals surface area contributed by atoms with Gasteiger partial charge in [0.2, 0.25) is 0 Å². The van der Waals surface area contributed by atoms with Crippen molar-refractivity contribution >= 4 is 28.8 Å². The first-order valence-corrected chi connectivity index (χ1v) is 16.6. The third kappa shape index (κ3) is 12.9. The highest BCUT2D eigenvalue weighted by Gasteiger charge is 2.42. The summed E-state index contributed by atoms with van der Waals surface area (Å²) in [5.74, 6) is -0.721. The highest BCUT2D eigenvalue weighted by Crippen LogP contribution is 2.30. The molecule has 0 aliphatic heterocycles. The highest BCUT2D eigenvalue weighted by atomic mass is 19.4. The lowest BCUT2D eigenvalue weighted by Gasteiger charge is -2.20. The van der Waals surface area contributed by atoms with Crippen LogP contribution >= 0.6 is 0 Å². The van der Waals surface area contributed by atoms with Gasteiger partial charge in [0.1, 0.15) is 11.5 Å². The Morgan fingerprint density at radius 1 is 0.761 bits per heavy atom. The average molecular weight is 641 g/mol. The third-order valence-corrected chi connectivity index (χ3v) is 7.76. The van der Waals surface area contributed by atoms with Crippen molar-refractivity contribution in [3.8, 4) is 11.5 Å². The number of esters is 2. The Labute approximate surface area is 271 Å². The van der Waals surface area contributed by atoms with Gasteiger partial charge in [0.25, 0.3) is 0 Å². The molecule has 0 amide bonds. The lowest BCUT2D eigenvalue weighted by Crippen LogP contribution is -2.33. The largest absolute Gasteiger partial charge is 0.494 e. The molecule has 0 aromatic heterocycles. The molecule has 0 aliphatic rings. The van der Waals surface area contributed by atoms with Crippen LogP contribution in [-0.2, 0) is 9.53 Å². The van der Waals surface area contributed by atoms with Crippen LogP contribution < -0.4 is 9.47 Å². The van der Waals surface area contributed by atoms with Gasteiger partial charge < -0.3 is 14.2 Å². The van der Waals surface area contributed by atoms with E-state index in [2.05, 4.69) is 6.92 Å². The van der Waals surface area contributed by atoms with Crippen molar-refractivity contribution in [2.24, 2.45) is 0 Å². The number of hydrogen-bond acceptors (Lipinski definition) is 5. The first-order chi connectivity index (χ1) is 22.2. The van der Waals surface area contributed by atoms with Crippen LogP contribution in [0.25, 0.3) is 16.8 Å². The maximum atomic E-state index is 13.6. The first-order valence-electron chi connectivity index (χ1n) is 16.6. The van der Waals surface area contributed by atoms with E-state index in [1.807, 2.05) is 25.1 Å². The molecule has 0 bridgehead atoms. The molecule has 1 atom stereocenters. The Morgan fingerprint density at radius 3 is 2.09 bits per heavy atom. The molecule has 5 nitrogen and oxygen atoms in total. The number of unbranched alkanes of at least 4 members (excludes halogenated alkanes) is 10. The van der Waals surface area contributed by atoms with E-state index in [9.17, 15) is 22.8 Å². The molecular weight excluding hydrogens is 593 g/mol. The minimum atomic E-state index is -4.66. The first kappa shape index (κ1) is 36.7. The van der Waals surface area contributed by atoms with Crippen LogP contribution in [0.15, 0.2) is 66.7 Å². The molecule has 3 aromatic carbocycles. The Bertz CT molecular complexity index is 1380. The molecule has 3 aromatic rings. The maximum Gasteiger partial charge on any atom is 0.425 e. The Hall–Kier alpha value is -3.81. The summed E-state index contributed by atoms with van der Waals surface area (Å²) >= 11 is 0. The van der Waals surface area contributed by atoms with E-state index < -0.39 is 24.2 Å². The minimum absolute atomic E-state index is 0.223. The van der Waals surface area contributed by atoms with Gasteiger partial charge in [-0.25, -0.2) is 9.59 Å². The molecule has 46 heavy (non-hydrogen) atoms. The van der Waals surface area contributed by atoms with E-state index in [0.717, 1.165) is 31.8 Å². The third-order valence-electron chi connectivity index (χ3n) is 7.76. The molecule has 8 heteroatoms. The SMILES string of the molecule is CCCCCCCCCCOc1ccc2cc(C(=O)Oc3ccccc3)cc(C=CC(=O)OC(CCCCCC)C(F)(F)F)c2c1. The lowest BCUT2D eigenvalue weighted by atomic mass is 10.00. The molecular formula is C38H47F3O5. The highest BCUT2D eigenvalue weighted by molar-refractivity contribution is 6.01. The van der Waals surface area contributed by atoms with Crippen LogP contribution in [0, 0.1) is 0 Å². The van der Waals surface area contributed by atoms with E-state index >= 15 is 0 Å². The molecule has 250 valence electrons. The van der Waals surface area contributed by atoms with Gasteiger partial charge in [0, 0.05) is 6.08 Å². The number of benzene rings is 3. The maximum absolute atomic E-state index is 13.6. The number of hydrogen-bond donors (Lipinski definition) is 0. The fourth-order valence-electron chi connectivity index (χ4n) is 5.17. The van der Waals surface area contributed by atoms with Crippen LogP contribution in [0.2, 0.25) is 0 Å². The van der Waals surface area contributed by atoms with Gasteiger partial charge in [-0.2, -0.15) is 13.2 Å². The number of alkyl halides is 3. The van der Waals surface area contributed by atoms with Crippen molar-refractivity contribution in [3.63, 3.8) is 0 Å². The van der Waals surface area contributed by atoms with E-state index in [4.69, 9.17) is 14.2 Å². The zero-order valence-corrected chi connectivity index (χ0v) is 27.1. The van der Waals surface area contributed by atoms with Crippen molar-refractivity contribution in [1.82, 2.24) is 0 Å². The van der Waals surface area contributed by atoms with Gasteiger partial charge in [-0.3, -0.25) is 0 Å². The van der Waals surface area contributed by atoms with Crippen molar-refractivity contribution < 1.29 is 37.0 Å². The number of carbonyl (C=O) groups is 2. The van der Waals surface area contributed by atoms with Crippen molar-refractivity contribution in [2.45, 2.75) is 110 Å². The number of rotatable bonds is 20. The summed E-state index contributed by atoms with van der Waals surface area (Å²) in [5.41, 5.74) is 0.666. The average Bonchev–Trinajstić information content (AvgIpc) is 3.04. The number of ether oxygens (including phenoxy) is 3. The van der Waals surface area contributed by atoms with Gasteiger partial charge in [0.15, 0.2) is 6.10 Å². The molecule has 0 aliphatic carbocycles. The van der Waals surface area contributed by atoms with Gasteiger partial charge >= 0.3 is 18.1 Å². The van der Waals surface area contributed by atoms with E-state index in [1.165, 1.54) is 44.6 Å². The van der Waals surface area contributed by atoms with Crippen LogP contribution in [0.4, 0.5) is 13.2 Å². The summed E-state index contributed by atoms with van der Waals surface area (Å²) in [6.45, 7) is 4.73. The Kier molecular flexibility index (Phi) is 15.7. The van der Waals surface area contributed by atoms with E-state index in [-0.39, 0.29) is 12.0 Å². The number of para-hydroxylation sites is 1. The molecule has 0 heterocycles. The zero-order chi connectivity index (χ0) is 33.2. The quantitative estimate of drug-likeness (QED) is 0.0532. The van der Waals surface area contributed by atoms with E-state index in [0.29, 0.717) is 47.3 Å². The van der Waals surface area contributed by atoms with Crippen molar-refractivity contribution in [1.29, 1.82) is 0 Å². The minimum Gasteiger partial charge on any atom is -0.494 e. The van der Waals surface area contributed by atoms with Crippen LogP contribution in [0.5, 0.6) is 11.5 Å². The predicted octanol–water partition coefficient (Wildman–Crippen LogP) is 11.0.